The molecular weight excluding hydrogens is 368 g/mol. The highest BCUT2D eigenvalue weighted by Crippen LogP contribution is 2.20. The summed E-state index contributed by atoms with van der Waals surface area (Å²) in [5, 5.41) is 4.08. The van der Waals surface area contributed by atoms with Crippen LogP contribution in [0.1, 0.15) is 21.8 Å². The van der Waals surface area contributed by atoms with Crippen molar-refractivity contribution in [3.63, 3.8) is 0 Å². The largest absolute Gasteiger partial charge is 0.497 e. The molecule has 4 rings (SSSR count). The lowest BCUT2D eigenvalue weighted by atomic mass is 10.1. The van der Waals surface area contributed by atoms with E-state index in [1.54, 1.807) is 7.11 Å². The molecule has 0 bridgehead atoms. The number of aryl methyl sites for hydroxylation is 1. The first kappa shape index (κ1) is 19.1. The second-order valence-corrected chi connectivity index (χ2v) is 7.12. The minimum absolute atomic E-state index is 0.0994. The van der Waals surface area contributed by atoms with Gasteiger partial charge >= 0.3 is 0 Å². The molecule has 1 amide bonds. The fourth-order valence-electron chi connectivity index (χ4n) is 3.46. The molecule has 2 heterocycles. The van der Waals surface area contributed by atoms with Gasteiger partial charge in [-0.15, -0.1) is 0 Å². The quantitative estimate of drug-likeness (QED) is 0.665. The molecule has 7 nitrogen and oxygen atoms in total. The number of hydrogen-bond donors (Lipinski definition) is 0. The number of ether oxygens (including phenoxy) is 1. The van der Waals surface area contributed by atoms with Gasteiger partial charge in [0.25, 0.3) is 5.91 Å². The molecule has 1 saturated heterocycles. The van der Waals surface area contributed by atoms with Crippen molar-refractivity contribution in [1.82, 2.24) is 19.9 Å². The number of piperazine rings is 1. The average Bonchev–Trinajstić information content (AvgIpc) is 3.23. The lowest BCUT2D eigenvalue weighted by Gasteiger charge is -2.34. The zero-order valence-corrected chi connectivity index (χ0v) is 16.7. The predicted molar refractivity (Wildman–Crippen MR) is 109 cm³/mol. The third-order valence-corrected chi connectivity index (χ3v) is 5.21. The Bertz CT molecular complexity index is 976. The SMILES string of the molecule is COc1ccc(-c2noc(CN3CCN(C(=O)c4ccccc4C)CC3)n2)cc1. The van der Waals surface area contributed by atoms with Crippen LogP contribution in [0.4, 0.5) is 0 Å². The second kappa shape index (κ2) is 8.45. The first-order chi connectivity index (χ1) is 14.1. The van der Waals surface area contributed by atoms with E-state index in [4.69, 9.17) is 9.26 Å². The highest BCUT2D eigenvalue weighted by molar-refractivity contribution is 5.95. The maximum Gasteiger partial charge on any atom is 0.254 e. The van der Waals surface area contributed by atoms with E-state index in [9.17, 15) is 4.79 Å². The van der Waals surface area contributed by atoms with Crippen molar-refractivity contribution >= 4 is 5.91 Å². The zero-order chi connectivity index (χ0) is 20.2. The number of carbonyl (C=O) groups excluding carboxylic acids is 1. The standard InChI is InChI=1S/C22H24N4O3/c1-16-5-3-4-6-19(16)22(27)26-13-11-25(12-14-26)15-20-23-21(24-29-20)17-7-9-18(28-2)10-8-17/h3-10H,11-15H2,1-2H3. The summed E-state index contributed by atoms with van der Waals surface area (Å²) in [4.78, 5) is 21.4. The number of carbonyl (C=O) groups is 1. The third kappa shape index (κ3) is 4.30. The van der Waals surface area contributed by atoms with Crippen LogP contribution in [0.25, 0.3) is 11.4 Å². The summed E-state index contributed by atoms with van der Waals surface area (Å²) < 4.78 is 10.6. The molecule has 0 N–H and O–H groups in total. The molecule has 3 aromatic rings. The summed E-state index contributed by atoms with van der Waals surface area (Å²) in [6.07, 6.45) is 0. The number of amides is 1. The molecule has 2 aromatic carbocycles. The van der Waals surface area contributed by atoms with E-state index >= 15 is 0 Å². The number of methoxy groups -OCH3 is 1. The lowest BCUT2D eigenvalue weighted by molar-refractivity contribution is 0.0614. The van der Waals surface area contributed by atoms with Gasteiger partial charge in [-0.3, -0.25) is 9.69 Å². The van der Waals surface area contributed by atoms with Gasteiger partial charge in [-0.1, -0.05) is 23.4 Å². The molecule has 150 valence electrons. The molecule has 1 aliphatic heterocycles. The third-order valence-electron chi connectivity index (χ3n) is 5.21. The average molecular weight is 392 g/mol. The van der Waals surface area contributed by atoms with Crippen molar-refractivity contribution < 1.29 is 14.1 Å². The molecule has 0 aliphatic carbocycles. The van der Waals surface area contributed by atoms with Crippen LogP contribution >= 0.6 is 0 Å². The van der Waals surface area contributed by atoms with Crippen molar-refractivity contribution in [3.05, 3.63) is 65.5 Å². The van der Waals surface area contributed by atoms with Gasteiger partial charge in [-0.2, -0.15) is 4.98 Å². The number of rotatable bonds is 5. The van der Waals surface area contributed by atoms with E-state index in [-0.39, 0.29) is 5.91 Å². The Morgan fingerprint density at radius 2 is 1.79 bits per heavy atom. The van der Waals surface area contributed by atoms with Gasteiger partial charge in [-0.05, 0) is 42.8 Å². The second-order valence-electron chi connectivity index (χ2n) is 7.12. The molecule has 0 unspecified atom stereocenters. The van der Waals surface area contributed by atoms with E-state index in [0.29, 0.717) is 31.3 Å². The Morgan fingerprint density at radius 1 is 1.07 bits per heavy atom. The zero-order valence-electron chi connectivity index (χ0n) is 16.7. The summed E-state index contributed by atoms with van der Waals surface area (Å²) in [6.45, 7) is 5.48. The van der Waals surface area contributed by atoms with Gasteiger partial charge in [0.2, 0.25) is 11.7 Å². The summed E-state index contributed by atoms with van der Waals surface area (Å²) >= 11 is 0. The minimum atomic E-state index is 0.0994. The number of aromatic nitrogens is 2. The number of nitrogens with zero attached hydrogens (tertiary/aromatic N) is 4. The smallest absolute Gasteiger partial charge is 0.254 e. The van der Waals surface area contributed by atoms with Gasteiger partial charge in [0, 0.05) is 37.3 Å². The first-order valence-corrected chi connectivity index (χ1v) is 9.68. The summed E-state index contributed by atoms with van der Waals surface area (Å²) in [7, 11) is 1.63. The molecule has 0 radical (unpaired) electrons. The molecule has 1 aromatic heterocycles. The van der Waals surface area contributed by atoms with E-state index in [2.05, 4.69) is 15.0 Å². The van der Waals surface area contributed by atoms with Crippen LogP contribution < -0.4 is 4.74 Å². The maximum absolute atomic E-state index is 12.7. The van der Waals surface area contributed by atoms with Crippen molar-refractivity contribution in [2.24, 2.45) is 0 Å². The molecule has 29 heavy (non-hydrogen) atoms. The fraction of sp³-hybridized carbons (Fsp3) is 0.318. The summed E-state index contributed by atoms with van der Waals surface area (Å²) in [6, 6.07) is 15.3. The highest BCUT2D eigenvalue weighted by atomic mass is 16.5. The predicted octanol–water partition coefficient (Wildman–Crippen LogP) is 3.01. The van der Waals surface area contributed by atoms with Gasteiger partial charge in [0.1, 0.15) is 5.75 Å². The molecular formula is C22H24N4O3. The molecule has 0 spiro atoms. The number of benzene rings is 2. The van der Waals surface area contributed by atoms with E-state index in [1.165, 1.54) is 0 Å². The van der Waals surface area contributed by atoms with Crippen LogP contribution in [0.15, 0.2) is 53.1 Å². The Labute approximate surface area is 169 Å². The van der Waals surface area contributed by atoms with Crippen LogP contribution in [-0.4, -0.2) is 59.1 Å². The van der Waals surface area contributed by atoms with Gasteiger partial charge in [0.05, 0.1) is 13.7 Å². The maximum atomic E-state index is 12.7. The van der Waals surface area contributed by atoms with Crippen LogP contribution in [0, 0.1) is 6.92 Å². The summed E-state index contributed by atoms with van der Waals surface area (Å²) in [5.41, 5.74) is 2.67. The molecule has 0 saturated carbocycles. The lowest BCUT2D eigenvalue weighted by Crippen LogP contribution is -2.48. The van der Waals surface area contributed by atoms with Gasteiger partial charge in [0.15, 0.2) is 0 Å². The summed E-state index contributed by atoms with van der Waals surface area (Å²) in [5.74, 6) is 2.03. The molecule has 1 aliphatic rings. The van der Waals surface area contributed by atoms with Crippen molar-refractivity contribution in [1.29, 1.82) is 0 Å². The fourth-order valence-corrected chi connectivity index (χ4v) is 3.46. The molecule has 1 fully saturated rings. The minimum Gasteiger partial charge on any atom is -0.497 e. The van der Waals surface area contributed by atoms with Crippen LogP contribution in [0.3, 0.4) is 0 Å². The van der Waals surface area contributed by atoms with Gasteiger partial charge in [-0.25, -0.2) is 0 Å². The van der Waals surface area contributed by atoms with Crippen LogP contribution in [0.2, 0.25) is 0 Å². The Kier molecular flexibility index (Phi) is 5.57. The van der Waals surface area contributed by atoms with Crippen LogP contribution in [0.5, 0.6) is 5.75 Å². The highest BCUT2D eigenvalue weighted by Gasteiger charge is 2.24. The topological polar surface area (TPSA) is 71.7 Å². The first-order valence-electron chi connectivity index (χ1n) is 9.68. The Hall–Kier alpha value is -3.19. The monoisotopic (exact) mass is 392 g/mol. The Morgan fingerprint density at radius 3 is 2.48 bits per heavy atom. The number of hydrogen-bond acceptors (Lipinski definition) is 6. The van der Waals surface area contributed by atoms with Gasteiger partial charge < -0.3 is 14.2 Å². The normalized spacial score (nSPS) is 14.8. The van der Waals surface area contributed by atoms with Crippen molar-refractivity contribution in [3.8, 4) is 17.1 Å². The Balaban J connectivity index is 1.33. The van der Waals surface area contributed by atoms with E-state index in [0.717, 1.165) is 35.5 Å². The van der Waals surface area contributed by atoms with Crippen molar-refractivity contribution in [2.75, 3.05) is 33.3 Å². The van der Waals surface area contributed by atoms with E-state index in [1.807, 2.05) is 60.4 Å². The van der Waals surface area contributed by atoms with Crippen LogP contribution in [-0.2, 0) is 6.54 Å². The van der Waals surface area contributed by atoms with Crippen molar-refractivity contribution in [2.45, 2.75) is 13.5 Å². The van der Waals surface area contributed by atoms with E-state index < -0.39 is 0 Å². The molecule has 0 atom stereocenters. The molecule has 7 heteroatoms.